The monoisotopic (exact) mass is 337 g/mol. The van der Waals surface area contributed by atoms with E-state index in [1.54, 1.807) is 4.90 Å². The molecule has 0 atom stereocenters. The summed E-state index contributed by atoms with van der Waals surface area (Å²) in [6.45, 7) is 5.72. The Morgan fingerprint density at radius 2 is 1.83 bits per heavy atom. The largest absolute Gasteiger partial charge is 0.340 e. The van der Waals surface area contributed by atoms with E-state index in [2.05, 4.69) is 11.9 Å². The lowest BCUT2D eigenvalue weighted by atomic mass is 10.2. The van der Waals surface area contributed by atoms with Crippen molar-refractivity contribution in [3.63, 3.8) is 0 Å². The number of carbonyl (C=O) groups excluding carboxylic acids is 2. The summed E-state index contributed by atoms with van der Waals surface area (Å²) in [5.74, 6) is 0.0691. The summed E-state index contributed by atoms with van der Waals surface area (Å²) in [6.07, 6.45) is 0.355. The van der Waals surface area contributed by atoms with Crippen LogP contribution in [0.25, 0.3) is 0 Å². The number of halogens is 1. The van der Waals surface area contributed by atoms with Crippen LogP contribution < -0.4 is 0 Å². The summed E-state index contributed by atoms with van der Waals surface area (Å²) in [7, 11) is 2.06. The fraction of sp³-hybridized carbons (Fsp3) is 0.529. The molecule has 1 aromatic rings. The molecule has 0 aromatic heterocycles. The predicted molar refractivity (Wildman–Crippen MR) is 91.2 cm³/mol. The number of benzene rings is 1. The maximum absolute atomic E-state index is 12.3. The van der Waals surface area contributed by atoms with Gasteiger partial charge in [0.1, 0.15) is 0 Å². The highest BCUT2D eigenvalue weighted by Crippen LogP contribution is 2.17. The Hall–Kier alpha value is -1.59. The van der Waals surface area contributed by atoms with Gasteiger partial charge in [-0.25, -0.2) is 0 Å². The molecule has 126 valence electrons. The van der Waals surface area contributed by atoms with Crippen LogP contribution in [-0.4, -0.2) is 66.3 Å². The van der Waals surface area contributed by atoms with Crippen molar-refractivity contribution in [3.05, 3.63) is 34.9 Å². The molecule has 1 saturated heterocycles. The molecule has 1 aromatic carbocycles. The third-order valence-electron chi connectivity index (χ3n) is 4.22. The molecule has 0 unspecified atom stereocenters. The first-order chi connectivity index (χ1) is 11.0. The molecule has 0 spiro atoms. The number of carbonyl (C=O) groups is 2. The van der Waals surface area contributed by atoms with Crippen molar-refractivity contribution in [2.45, 2.75) is 19.9 Å². The van der Waals surface area contributed by atoms with Crippen molar-refractivity contribution in [1.29, 1.82) is 0 Å². The lowest BCUT2D eigenvalue weighted by molar-refractivity contribution is -0.134. The van der Waals surface area contributed by atoms with Gasteiger partial charge in [-0.05, 0) is 18.7 Å². The van der Waals surface area contributed by atoms with Gasteiger partial charge in [0, 0.05) is 57.6 Å². The molecule has 0 radical (unpaired) electrons. The third-order valence-corrected chi connectivity index (χ3v) is 4.58. The van der Waals surface area contributed by atoms with Gasteiger partial charge in [-0.2, -0.15) is 0 Å². The van der Waals surface area contributed by atoms with E-state index in [0.717, 1.165) is 31.7 Å². The van der Waals surface area contributed by atoms with Crippen LogP contribution in [0.4, 0.5) is 0 Å². The van der Waals surface area contributed by atoms with Crippen molar-refractivity contribution in [2.75, 3.05) is 39.8 Å². The molecule has 2 rings (SSSR count). The standard InChI is InChI=1S/C17H24ClN3O2/c1-14(22)21(13-15-5-3-4-6-16(15)18)8-7-17(23)20-11-9-19(2)10-12-20/h3-6H,7-13H2,1-2H3. The predicted octanol–water partition coefficient (Wildman–Crippen LogP) is 1.85. The molecule has 1 fully saturated rings. The van der Waals surface area contributed by atoms with Crippen molar-refractivity contribution < 1.29 is 9.59 Å². The molecule has 0 saturated carbocycles. The fourth-order valence-electron chi connectivity index (χ4n) is 2.62. The summed E-state index contributed by atoms with van der Waals surface area (Å²) >= 11 is 6.15. The van der Waals surface area contributed by atoms with E-state index < -0.39 is 0 Å². The summed E-state index contributed by atoms with van der Waals surface area (Å²) < 4.78 is 0. The second-order valence-electron chi connectivity index (χ2n) is 5.97. The lowest BCUT2D eigenvalue weighted by Crippen LogP contribution is -2.47. The minimum atomic E-state index is -0.0453. The Morgan fingerprint density at radius 1 is 1.17 bits per heavy atom. The molecule has 2 amide bonds. The van der Waals surface area contributed by atoms with Gasteiger partial charge in [-0.3, -0.25) is 9.59 Å². The smallest absolute Gasteiger partial charge is 0.224 e. The average Bonchev–Trinajstić information content (AvgIpc) is 2.53. The highest BCUT2D eigenvalue weighted by Gasteiger charge is 2.20. The highest BCUT2D eigenvalue weighted by molar-refractivity contribution is 6.31. The van der Waals surface area contributed by atoms with Crippen LogP contribution in [0.15, 0.2) is 24.3 Å². The first-order valence-electron chi connectivity index (χ1n) is 7.92. The van der Waals surface area contributed by atoms with Crippen LogP contribution in [0.3, 0.4) is 0 Å². The van der Waals surface area contributed by atoms with E-state index in [0.29, 0.717) is 24.5 Å². The topological polar surface area (TPSA) is 43.9 Å². The van der Waals surface area contributed by atoms with Crippen molar-refractivity contribution in [3.8, 4) is 0 Å². The minimum Gasteiger partial charge on any atom is -0.340 e. The normalized spacial score (nSPS) is 15.5. The number of likely N-dealkylation sites (N-methyl/N-ethyl adjacent to an activating group) is 1. The number of piperazine rings is 1. The van der Waals surface area contributed by atoms with Crippen LogP contribution in [0.2, 0.25) is 5.02 Å². The fourth-order valence-corrected chi connectivity index (χ4v) is 2.82. The van der Waals surface area contributed by atoms with Gasteiger partial charge < -0.3 is 14.7 Å². The second kappa shape index (κ2) is 8.31. The van der Waals surface area contributed by atoms with E-state index in [1.165, 1.54) is 6.92 Å². The minimum absolute atomic E-state index is 0.0453. The molecule has 1 heterocycles. The van der Waals surface area contributed by atoms with Crippen molar-refractivity contribution >= 4 is 23.4 Å². The lowest BCUT2D eigenvalue weighted by Gasteiger charge is -2.33. The van der Waals surface area contributed by atoms with Gasteiger partial charge in [0.15, 0.2) is 0 Å². The molecule has 0 aliphatic carbocycles. The van der Waals surface area contributed by atoms with E-state index in [1.807, 2.05) is 29.2 Å². The molecular weight excluding hydrogens is 314 g/mol. The quantitative estimate of drug-likeness (QED) is 0.823. The van der Waals surface area contributed by atoms with E-state index in [4.69, 9.17) is 11.6 Å². The van der Waals surface area contributed by atoms with Gasteiger partial charge in [0.2, 0.25) is 11.8 Å². The molecule has 5 nitrogen and oxygen atoms in total. The molecule has 0 bridgehead atoms. The van der Waals surface area contributed by atoms with Crippen LogP contribution in [0.1, 0.15) is 18.9 Å². The summed E-state index contributed by atoms with van der Waals surface area (Å²) in [5.41, 5.74) is 0.899. The molecule has 0 N–H and O–H groups in total. The Balaban J connectivity index is 1.89. The number of rotatable bonds is 5. The van der Waals surface area contributed by atoms with Gasteiger partial charge in [0.25, 0.3) is 0 Å². The van der Waals surface area contributed by atoms with Gasteiger partial charge >= 0.3 is 0 Å². The molecule has 1 aliphatic heterocycles. The zero-order valence-electron chi connectivity index (χ0n) is 13.8. The zero-order valence-corrected chi connectivity index (χ0v) is 14.6. The van der Waals surface area contributed by atoms with E-state index in [9.17, 15) is 9.59 Å². The maximum Gasteiger partial charge on any atom is 0.224 e. The maximum atomic E-state index is 12.3. The Morgan fingerprint density at radius 3 is 2.43 bits per heavy atom. The Kier molecular flexibility index (Phi) is 6.42. The van der Waals surface area contributed by atoms with E-state index in [-0.39, 0.29) is 11.8 Å². The van der Waals surface area contributed by atoms with Crippen molar-refractivity contribution in [2.24, 2.45) is 0 Å². The van der Waals surface area contributed by atoms with Crippen LogP contribution in [-0.2, 0) is 16.1 Å². The van der Waals surface area contributed by atoms with Crippen LogP contribution in [0, 0.1) is 0 Å². The first kappa shape index (κ1) is 17.8. The van der Waals surface area contributed by atoms with Gasteiger partial charge in [-0.1, -0.05) is 29.8 Å². The third kappa shape index (κ3) is 5.22. The molecule has 1 aliphatic rings. The Bertz CT molecular complexity index is 557. The molecule has 23 heavy (non-hydrogen) atoms. The zero-order chi connectivity index (χ0) is 16.8. The van der Waals surface area contributed by atoms with Gasteiger partial charge in [0.05, 0.1) is 0 Å². The number of nitrogens with zero attached hydrogens (tertiary/aromatic N) is 3. The SMILES string of the molecule is CC(=O)N(CCC(=O)N1CCN(C)CC1)Cc1ccccc1Cl. The summed E-state index contributed by atoms with van der Waals surface area (Å²) in [4.78, 5) is 29.9. The van der Waals surface area contributed by atoms with Crippen molar-refractivity contribution in [1.82, 2.24) is 14.7 Å². The summed E-state index contributed by atoms with van der Waals surface area (Å²) in [5, 5.41) is 0.643. The summed E-state index contributed by atoms with van der Waals surface area (Å²) in [6, 6.07) is 7.47. The first-order valence-corrected chi connectivity index (χ1v) is 8.30. The average molecular weight is 338 g/mol. The Labute approximate surface area is 142 Å². The second-order valence-corrected chi connectivity index (χ2v) is 6.37. The molecule has 6 heteroatoms. The highest BCUT2D eigenvalue weighted by atomic mass is 35.5. The van der Waals surface area contributed by atoms with Crippen LogP contribution >= 0.6 is 11.6 Å². The van der Waals surface area contributed by atoms with Crippen LogP contribution in [0.5, 0.6) is 0 Å². The van der Waals surface area contributed by atoms with E-state index >= 15 is 0 Å². The number of hydrogen-bond acceptors (Lipinski definition) is 3. The number of amides is 2. The molecular formula is C17H24ClN3O2. The van der Waals surface area contributed by atoms with Gasteiger partial charge in [-0.15, -0.1) is 0 Å². The number of hydrogen-bond donors (Lipinski definition) is 0.